The summed E-state index contributed by atoms with van der Waals surface area (Å²) in [6.07, 6.45) is -0.726. The number of primary sulfonamides is 1. The van der Waals surface area contributed by atoms with Gasteiger partial charge in [0.1, 0.15) is 5.75 Å². The van der Waals surface area contributed by atoms with Crippen LogP contribution in [0.25, 0.3) is 0 Å². The van der Waals surface area contributed by atoms with E-state index in [4.69, 9.17) is 9.88 Å². The molecule has 1 unspecified atom stereocenters. The molecule has 0 aliphatic carbocycles. The highest BCUT2D eigenvalue weighted by Gasteiger charge is 2.27. The monoisotopic (exact) mass is 425 g/mol. The zero-order chi connectivity index (χ0) is 20.7. The Bertz CT molecular complexity index is 1140. The molecule has 28 heavy (non-hydrogen) atoms. The largest absolute Gasteiger partial charge is 0.479 e. The lowest BCUT2D eigenvalue weighted by Crippen LogP contribution is -2.34. The standard InChI is InChI=1S/C17H19N3O6S2/c1-10-7-14-15(26-11(2)17(21)20-14)8-16(10)28(24,25)19-9-12-3-5-13(6-4-12)27(18,22)23/h3-8,11,19H,9H2,1-2H3,(H,20,21)(H2,18,22,23). The van der Waals surface area contributed by atoms with Crippen LogP contribution < -0.4 is 19.9 Å². The summed E-state index contributed by atoms with van der Waals surface area (Å²) in [4.78, 5) is 11.6. The second-order valence-corrected chi connectivity index (χ2v) is 9.67. The lowest BCUT2D eigenvalue weighted by molar-refractivity contribution is -0.122. The van der Waals surface area contributed by atoms with E-state index in [1.807, 2.05) is 0 Å². The van der Waals surface area contributed by atoms with Gasteiger partial charge in [0.2, 0.25) is 20.0 Å². The van der Waals surface area contributed by atoms with Gasteiger partial charge in [-0.25, -0.2) is 26.7 Å². The number of amides is 1. The summed E-state index contributed by atoms with van der Waals surface area (Å²) in [5.41, 5.74) is 1.41. The number of hydrogen-bond acceptors (Lipinski definition) is 6. The molecule has 0 aromatic heterocycles. The molecule has 2 aromatic carbocycles. The molecule has 4 N–H and O–H groups in total. The van der Waals surface area contributed by atoms with E-state index in [0.717, 1.165) is 0 Å². The Morgan fingerprint density at radius 1 is 1.14 bits per heavy atom. The highest BCUT2D eigenvalue weighted by Crippen LogP contribution is 2.34. The van der Waals surface area contributed by atoms with Crippen molar-refractivity contribution in [1.29, 1.82) is 0 Å². The van der Waals surface area contributed by atoms with Crippen LogP contribution >= 0.6 is 0 Å². The van der Waals surface area contributed by atoms with E-state index < -0.39 is 26.2 Å². The fourth-order valence-electron chi connectivity index (χ4n) is 2.69. The fourth-order valence-corrected chi connectivity index (χ4v) is 4.46. The van der Waals surface area contributed by atoms with Crippen LogP contribution in [0.1, 0.15) is 18.1 Å². The van der Waals surface area contributed by atoms with E-state index in [0.29, 0.717) is 16.8 Å². The first-order valence-electron chi connectivity index (χ1n) is 8.21. The summed E-state index contributed by atoms with van der Waals surface area (Å²) in [6, 6.07) is 8.47. The molecule has 150 valence electrons. The number of aryl methyl sites for hydroxylation is 1. The average Bonchev–Trinajstić information content (AvgIpc) is 2.60. The molecule has 0 bridgehead atoms. The van der Waals surface area contributed by atoms with Crippen molar-refractivity contribution in [2.75, 3.05) is 5.32 Å². The van der Waals surface area contributed by atoms with Crippen molar-refractivity contribution >= 4 is 31.6 Å². The maximum Gasteiger partial charge on any atom is 0.265 e. The van der Waals surface area contributed by atoms with Gasteiger partial charge in [-0.1, -0.05) is 12.1 Å². The van der Waals surface area contributed by atoms with Gasteiger partial charge in [-0.15, -0.1) is 0 Å². The van der Waals surface area contributed by atoms with Gasteiger partial charge in [0.05, 0.1) is 15.5 Å². The number of anilines is 1. The molecular weight excluding hydrogens is 406 g/mol. The van der Waals surface area contributed by atoms with Gasteiger partial charge in [-0.2, -0.15) is 0 Å². The Kier molecular flexibility index (Phi) is 5.19. The zero-order valence-corrected chi connectivity index (χ0v) is 16.7. The lowest BCUT2D eigenvalue weighted by Gasteiger charge is -2.24. The third-order valence-electron chi connectivity index (χ3n) is 4.22. The number of nitrogens with two attached hydrogens (primary N) is 1. The third-order valence-corrected chi connectivity index (χ3v) is 6.69. The topological polar surface area (TPSA) is 145 Å². The van der Waals surface area contributed by atoms with Gasteiger partial charge in [0.15, 0.2) is 6.10 Å². The van der Waals surface area contributed by atoms with Crippen molar-refractivity contribution in [3.8, 4) is 5.75 Å². The second-order valence-electron chi connectivity index (χ2n) is 6.38. The molecule has 11 heteroatoms. The molecular formula is C17H19N3O6S2. The Labute approximate surface area is 163 Å². The molecule has 0 saturated heterocycles. The van der Waals surface area contributed by atoms with Gasteiger partial charge < -0.3 is 10.1 Å². The van der Waals surface area contributed by atoms with Crippen LogP contribution in [-0.2, 0) is 31.4 Å². The molecule has 0 saturated carbocycles. The summed E-state index contributed by atoms with van der Waals surface area (Å²) < 4.78 is 55.9. The third kappa shape index (κ3) is 4.17. The van der Waals surface area contributed by atoms with Crippen molar-refractivity contribution < 1.29 is 26.4 Å². The van der Waals surface area contributed by atoms with Gasteiger partial charge in [-0.05, 0) is 43.2 Å². The molecule has 0 fully saturated rings. The fraction of sp³-hybridized carbons (Fsp3) is 0.235. The van der Waals surface area contributed by atoms with Gasteiger partial charge >= 0.3 is 0 Å². The Morgan fingerprint density at radius 3 is 2.39 bits per heavy atom. The Morgan fingerprint density at radius 2 is 1.79 bits per heavy atom. The summed E-state index contributed by atoms with van der Waals surface area (Å²) >= 11 is 0. The number of nitrogens with one attached hydrogen (secondary N) is 2. The maximum absolute atomic E-state index is 12.7. The first-order chi connectivity index (χ1) is 13.0. The van der Waals surface area contributed by atoms with Crippen LogP contribution in [0.2, 0.25) is 0 Å². The van der Waals surface area contributed by atoms with Gasteiger partial charge in [-0.3, -0.25) is 4.79 Å². The maximum atomic E-state index is 12.7. The molecule has 3 rings (SSSR count). The Hall–Kier alpha value is -2.47. The predicted molar refractivity (Wildman–Crippen MR) is 102 cm³/mol. The van der Waals surface area contributed by atoms with E-state index in [2.05, 4.69) is 10.0 Å². The number of hydrogen-bond donors (Lipinski definition) is 3. The minimum atomic E-state index is -3.88. The summed E-state index contributed by atoms with van der Waals surface area (Å²) in [5.74, 6) is -0.0286. The minimum Gasteiger partial charge on any atom is -0.479 e. The molecule has 1 amide bonds. The van der Waals surface area contributed by atoms with Crippen LogP contribution in [0.15, 0.2) is 46.2 Å². The molecule has 0 spiro atoms. The molecule has 1 aliphatic heterocycles. The molecule has 1 aliphatic rings. The number of sulfonamides is 2. The number of ether oxygens (including phenoxy) is 1. The quantitative estimate of drug-likeness (QED) is 0.647. The predicted octanol–water partition coefficient (Wildman–Crippen LogP) is 0.840. The lowest BCUT2D eigenvalue weighted by atomic mass is 10.1. The summed E-state index contributed by atoms with van der Waals surface area (Å²) in [7, 11) is -7.69. The van der Waals surface area contributed by atoms with Crippen LogP contribution in [0.4, 0.5) is 5.69 Å². The highest BCUT2D eigenvalue weighted by molar-refractivity contribution is 7.89. The van der Waals surface area contributed by atoms with E-state index >= 15 is 0 Å². The van der Waals surface area contributed by atoms with Crippen LogP contribution in [0, 0.1) is 6.92 Å². The molecule has 9 nitrogen and oxygen atoms in total. The van der Waals surface area contributed by atoms with Crippen molar-refractivity contribution in [2.45, 2.75) is 36.3 Å². The van der Waals surface area contributed by atoms with Crippen LogP contribution in [-0.4, -0.2) is 28.8 Å². The van der Waals surface area contributed by atoms with Crippen molar-refractivity contribution in [3.05, 3.63) is 47.5 Å². The smallest absolute Gasteiger partial charge is 0.265 e. The number of fused-ring (bicyclic) bond motifs is 1. The van der Waals surface area contributed by atoms with Gasteiger partial charge in [0.25, 0.3) is 5.91 Å². The molecule has 0 radical (unpaired) electrons. The van der Waals surface area contributed by atoms with E-state index in [9.17, 15) is 21.6 Å². The zero-order valence-electron chi connectivity index (χ0n) is 15.1. The summed E-state index contributed by atoms with van der Waals surface area (Å²) in [6.45, 7) is 3.13. The highest BCUT2D eigenvalue weighted by atomic mass is 32.2. The minimum absolute atomic E-state index is 0.0238. The van der Waals surface area contributed by atoms with E-state index in [-0.39, 0.29) is 28.0 Å². The van der Waals surface area contributed by atoms with Crippen LogP contribution in [0.5, 0.6) is 5.75 Å². The number of rotatable bonds is 5. The summed E-state index contributed by atoms with van der Waals surface area (Å²) in [5, 5.41) is 7.71. The van der Waals surface area contributed by atoms with Gasteiger partial charge in [0, 0.05) is 12.6 Å². The van der Waals surface area contributed by atoms with Crippen molar-refractivity contribution in [2.24, 2.45) is 5.14 Å². The second kappa shape index (κ2) is 7.17. The van der Waals surface area contributed by atoms with Crippen LogP contribution in [0.3, 0.4) is 0 Å². The molecule has 1 heterocycles. The average molecular weight is 425 g/mol. The number of carbonyl (C=O) groups excluding carboxylic acids is 1. The van der Waals surface area contributed by atoms with E-state index in [1.165, 1.54) is 36.4 Å². The first-order valence-corrected chi connectivity index (χ1v) is 11.2. The number of benzene rings is 2. The first kappa shape index (κ1) is 20.3. The van der Waals surface area contributed by atoms with E-state index in [1.54, 1.807) is 13.8 Å². The SMILES string of the molecule is Cc1cc2c(cc1S(=O)(=O)NCc1ccc(S(N)(=O)=O)cc1)OC(C)C(=O)N2. The van der Waals surface area contributed by atoms with Crippen molar-refractivity contribution in [1.82, 2.24) is 4.72 Å². The van der Waals surface area contributed by atoms with Crippen molar-refractivity contribution in [3.63, 3.8) is 0 Å². The number of carbonyl (C=O) groups is 1. The normalized spacial score (nSPS) is 16.8. The Balaban J connectivity index is 1.82. The molecule has 1 atom stereocenters. The molecule has 2 aromatic rings.